The Morgan fingerprint density at radius 1 is 1.18 bits per heavy atom. The van der Waals surface area contributed by atoms with E-state index in [2.05, 4.69) is 16.2 Å². The van der Waals surface area contributed by atoms with Gasteiger partial charge < -0.3 is 23.9 Å². The lowest BCUT2D eigenvalue weighted by atomic mass is 10.2. The van der Waals surface area contributed by atoms with E-state index < -0.39 is 5.91 Å². The van der Waals surface area contributed by atoms with Crippen LogP contribution in [0.5, 0.6) is 11.5 Å². The zero-order valence-corrected chi connectivity index (χ0v) is 16.3. The maximum absolute atomic E-state index is 12.1. The maximum Gasteiger partial charge on any atom is 0.305 e. The zero-order chi connectivity index (χ0) is 19.8. The van der Waals surface area contributed by atoms with Crippen molar-refractivity contribution in [3.05, 3.63) is 47.9 Å². The largest absolute Gasteiger partial charge is 0.497 e. The monoisotopic (exact) mass is 405 g/mol. The van der Waals surface area contributed by atoms with Gasteiger partial charge in [0.05, 0.1) is 13.2 Å². The number of benzene rings is 1. The second-order valence-corrected chi connectivity index (χ2v) is 6.56. The molecule has 0 unspecified atom stereocenters. The minimum Gasteiger partial charge on any atom is -0.497 e. The van der Waals surface area contributed by atoms with Gasteiger partial charge in [-0.25, -0.2) is 0 Å². The number of furan rings is 1. The van der Waals surface area contributed by atoms with Crippen molar-refractivity contribution in [1.29, 1.82) is 0 Å². The van der Waals surface area contributed by atoms with E-state index in [-0.39, 0.29) is 18.5 Å². The molecule has 0 radical (unpaired) electrons. The minimum absolute atomic E-state index is 0.155. The van der Waals surface area contributed by atoms with Crippen molar-refractivity contribution in [1.82, 2.24) is 16.2 Å². The first kappa shape index (κ1) is 20.0. The fourth-order valence-corrected chi connectivity index (χ4v) is 2.77. The number of rotatable bonds is 7. The van der Waals surface area contributed by atoms with Crippen LogP contribution < -0.4 is 25.6 Å². The lowest BCUT2D eigenvalue weighted by Gasteiger charge is -2.14. The van der Waals surface area contributed by atoms with Gasteiger partial charge in [-0.05, 0) is 61.5 Å². The van der Waals surface area contributed by atoms with E-state index >= 15 is 0 Å². The Labute approximate surface area is 168 Å². The fourth-order valence-electron chi connectivity index (χ4n) is 2.64. The highest BCUT2D eigenvalue weighted by Gasteiger charge is 2.16. The van der Waals surface area contributed by atoms with Crippen LogP contribution in [0.15, 0.2) is 40.8 Å². The van der Waals surface area contributed by atoms with E-state index in [0.29, 0.717) is 23.2 Å². The van der Waals surface area contributed by atoms with Crippen LogP contribution in [0.3, 0.4) is 0 Å². The van der Waals surface area contributed by atoms with E-state index in [1.54, 1.807) is 43.5 Å². The van der Waals surface area contributed by atoms with Gasteiger partial charge in [0, 0.05) is 13.2 Å². The van der Waals surface area contributed by atoms with Crippen molar-refractivity contribution in [3.63, 3.8) is 0 Å². The SMILES string of the molecule is COc1ccc(OCc2ccc(C(=O)NNC(=S)NC[C@H]3CCCO3)o2)cc1. The third-order valence-electron chi connectivity index (χ3n) is 4.13. The first-order valence-corrected chi connectivity index (χ1v) is 9.36. The van der Waals surface area contributed by atoms with Crippen LogP contribution in [-0.4, -0.2) is 37.4 Å². The molecule has 3 N–H and O–H groups in total. The van der Waals surface area contributed by atoms with Crippen LogP contribution in [0.1, 0.15) is 29.2 Å². The summed E-state index contributed by atoms with van der Waals surface area (Å²) in [6.45, 7) is 1.59. The summed E-state index contributed by atoms with van der Waals surface area (Å²) in [4.78, 5) is 12.1. The molecular formula is C19H23N3O5S. The highest BCUT2D eigenvalue weighted by atomic mass is 32.1. The predicted molar refractivity (Wildman–Crippen MR) is 106 cm³/mol. The number of nitrogens with one attached hydrogen (secondary N) is 3. The van der Waals surface area contributed by atoms with Gasteiger partial charge in [-0.3, -0.25) is 15.6 Å². The number of amides is 1. The first-order chi connectivity index (χ1) is 13.6. The summed E-state index contributed by atoms with van der Waals surface area (Å²) in [5.41, 5.74) is 5.14. The molecule has 2 heterocycles. The van der Waals surface area contributed by atoms with E-state index in [0.717, 1.165) is 25.2 Å². The summed E-state index contributed by atoms with van der Waals surface area (Å²) < 4.78 is 21.7. The van der Waals surface area contributed by atoms with Gasteiger partial charge in [0.15, 0.2) is 10.9 Å². The summed E-state index contributed by atoms with van der Waals surface area (Å²) in [5, 5.41) is 3.32. The summed E-state index contributed by atoms with van der Waals surface area (Å²) in [6.07, 6.45) is 2.23. The highest BCUT2D eigenvalue weighted by molar-refractivity contribution is 7.80. The molecule has 1 aromatic carbocycles. The lowest BCUT2D eigenvalue weighted by molar-refractivity contribution is 0.0911. The molecule has 1 saturated heterocycles. The Kier molecular flexibility index (Phi) is 7.10. The second kappa shape index (κ2) is 9.95. The molecule has 0 saturated carbocycles. The molecule has 2 aromatic rings. The number of hydrogen-bond donors (Lipinski definition) is 3. The molecule has 1 amide bonds. The van der Waals surface area contributed by atoms with Crippen molar-refractivity contribution in [2.45, 2.75) is 25.6 Å². The van der Waals surface area contributed by atoms with Gasteiger partial charge in [0.25, 0.3) is 0 Å². The second-order valence-electron chi connectivity index (χ2n) is 6.15. The Balaban J connectivity index is 1.39. The molecule has 150 valence electrons. The van der Waals surface area contributed by atoms with Gasteiger partial charge >= 0.3 is 5.91 Å². The van der Waals surface area contributed by atoms with Crippen LogP contribution in [0, 0.1) is 0 Å². The number of thiocarbonyl (C=S) groups is 1. The zero-order valence-electron chi connectivity index (χ0n) is 15.5. The molecular weight excluding hydrogens is 382 g/mol. The molecule has 0 spiro atoms. The normalized spacial score (nSPS) is 15.7. The fraction of sp³-hybridized carbons (Fsp3) is 0.368. The number of hydrogen-bond acceptors (Lipinski definition) is 6. The Hall–Kier alpha value is -2.78. The average Bonchev–Trinajstić information content (AvgIpc) is 3.41. The molecule has 1 fully saturated rings. The van der Waals surface area contributed by atoms with Crippen molar-refractivity contribution >= 4 is 23.2 Å². The van der Waals surface area contributed by atoms with Crippen molar-refractivity contribution in [3.8, 4) is 11.5 Å². The van der Waals surface area contributed by atoms with Gasteiger partial charge in [0.2, 0.25) is 0 Å². The number of ether oxygens (including phenoxy) is 3. The smallest absolute Gasteiger partial charge is 0.305 e. The molecule has 1 aromatic heterocycles. The summed E-state index contributed by atoms with van der Waals surface area (Å²) in [7, 11) is 1.60. The van der Waals surface area contributed by atoms with Gasteiger partial charge in [-0.1, -0.05) is 0 Å². The molecule has 0 aliphatic carbocycles. The predicted octanol–water partition coefficient (Wildman–Crippen LogP) is 2.16. The molecule has 0 bridgehead atoms. The standard InChI is InChI=1S/C19H23N3O5S/c1-24-13-4-6-14(7-5-13)26-12-16-8-9-17(27-16)18(23)21-22-19(28)20-11-15-3-2-10-25-15/h4-9,15H,2-3,10-12H2,1H3,(H,21,23)(H2,20,22,28)/t15-/m1/s1. The number of carbonyl (C=O) groups excluding carboxylic acids is 1. The molecule has 8 nitrogen and oxygen atoms in total. The molecule has 28 heavy (non-hydrogen) atoms. The molecule has 1 aliphatic heterocycles. The van der Waals surface area contributed by atoms with Crippen molar-refractivity contribution in [2.75, 3.05) is 20.3 Å². The van der Waals surface area contributed by atoms with Gasteiger partial charge in [-0.2, -0.15) is 0 Å². The number of hydrazine groups is 1. The van der Waals surface area contributed by atoms with Crippen LogP contribution in [0.2, 0.25) is 0 Å². The van der Waals surface area contributed by atoms with Crippen LogP contribution in [0.25, 0.3) is 0 Å². The van der Waals surface area contributed by atoms with Crippen molar-refractivity contribution in [2.24, 2.45) is 0 Å². The van der Waals surface area contributed by atoms with Gasteiger partial charge in [-0.15, -0.1) is 0 Å². The van der Waals surface area contributed by atoms with Crippen LogP contribution in [0.4, 0.5) is 0 Å². The third kappa shape index (κ3) is 5.86. The van der Waals surface area contributed by atoms with Crippen LogP contribution in [-0.2, 0) is 11.3 Å². The topological polar surface area (TPSA) is 94.0 Å². The average molecular weight is 405 g/mol. The number of carbonyl (C=O) groups is 1. The van der Waals surface area contributed by atoms with E-state index in [1.165, 1.54) is 0 Å². The Morgan fingerprint density at radius 2 is 1.96 bits per heavy atom. The van der Waals surface area contributed by atoms with E-state index in [9.17, 15) is 4.79 Å². The van der Waals surface area contributed by atoms with Crippen molar-refractivity contribution < 1.29 is 23.4 Å². The summed E-state index contributed by atoms with van der Waals surface area (Å²) in [6, 6.07) is 10.5. The van der Waals surface area contributed by atoms with Gasteiger partial charge in [0.1, 0.15) is 23.9 Å². The van der Waals surface area contributed by atoms with E-state index in [4.69, 9.17) is 30.8 Å². The lowest BCUT2D eigenvalue weighted by Crippen LogP contribution is -2.48. The van der Waals surface area contributed by atoms with Crippen LogP contribution >= 0.6 is 12.2 Å². The van der Waals surface area contributed by atoms with E-state index in [1.807, 2.05) is 0 Å². The molecule has 3 rings (SSSR count). The molecule has 9 heteroatoms. The molecule has 1 aliphatic rings. The Bertz CT molecular complexity index is 787. The first-order valence-electron chi connectivity index (χ1n) is 8.95. The summed E-state index contributed by atoms with van der Waals surface area (Å²) in [5.74, 6) is 1.67. The molecule has 1 atom stereocenters. The minimum atomic E-state index is -0.433. The summed E-state index contributed by atoms with van der Waals surface area (Å²) >= 11 is 5.12. The quantitative estimate of drug-likeness (QED) is 0.477. The highest BCUT2D eigenvalue weighted by Crippen LogP contribution is 2.19. The maximum atomic E-state index is 12.1. The Morgan fingerprint density at radius 3 is 2.68 bits per heavy atom. The third-order valence-corrected chi connectivity index (χ3v) is 4.38. The number of methoxy groups -OCH3 is 1.